The van der Waals surface area contributed by atoms with Gasteiger partial charge in [-0.2, -0.15) is 5.26 Å². The second-order valence-electron chi connectivity index (χ2n) is 6.98. The van der Waals surface area contributed by atoms with Crippen molar-refractivity contribution in [3.8, 4) is 17.4 Å². The summed E-state index contributed by atoms with van der Waals surface area (Å²) in [5.74, 6) is -2.81. The van der Waals surface area contributed by atoms with Crippen LogP contribution in [-0.4, -0.2) is 28.1 Å². The normalized spacial score (nSPS) is 11.0. The summed E-state index contributed by atoms with van der Waals surface area (Å²) in [6, 6.07) is 13.9. The molecule has 8 nitrogen and oxygen atoms in total. The fraction of sp³-hybridized carbons (Fsp3) is 0.0833. The maximum Gasteiger partial charge on any atom is 0.335 e. The fourth-order valence-electron chi connectivity index (χ4n) is 2.97. The number of aromatic carboxylic acids is 2. The van der Waals surface area contributed by atoms with Crippen molar-refractivity contribution in [1.82, 2.24) is 0 Å². The van der Waals surface area contributed by atoms with Gasteiger partial charge in [-0.25, -0.2) is 9.59 Å². The van der Waals surface area contributed by atoms with Gasteiger partial charge in [0.05, 0.1) is 11.1 Å². The molecule has 1 amide bonds. The summed E-state index contributed by atoms with van der Waals surface area (Å²) >= 11 is 0. The second-order valence-corrected chi connectivity index (χ2v) is 6.98. The van der Waals surface area contributed by atoms with Crippen LogP contribution in [0.4, 0.5) is 5.69 Å². The van der Waals surface area contributed by atoms with Crippen molar-refractivity contribution in [3.05, 3.63) is 82.1 Å². The van der Waals surface area contributed by atoms with Gasteiger partial charge < -0.3 is 19.9 Å². The third-order valence-electron chi connectivity index (χ3n) is 4.84. The third kappa shape index (κ3) is 4.74. The van der Waals surface area contributed by atoms with Gasteiger partial charge in [0, 0.05) is 17.3 Å². The minimum absolute atomic E-state index is 0.172. The van der Waals surface area contributed by atoms with Gasteiger partial charge in [-0.05, 0) is 61.4 Å². The first-order valence-electron chi connectivity index (χ1n) is 9.41. The van der Waals surface area contributed by atoms with Crippen LogP contribution in [0.3, 0.4) is 0 Å². The molecular formula is C24H18N2O6. The van der Waals surface area contributed by atoms with E-state index in [4.69, 9.17) is 4.42 Å². The highest BCUT2D eigenvalue weighted by Crippen LogP contribution is 2.26. The lowest BCUT2D eigenvalue weighted by Gasteiger charge is -2.09. The number of anilines is 1. The first-order chi connectivity index (χ1) is 15.2. The minimum atomic E-state index is -1.28. The van der Waals surface area contributed by atoms with Gasteiger partial charge in [0.1, 0.15) is 23.2 Å². The summed E-state index contributed by atoms with van der Waals surface area (Å²) in [5.41, 5.74) is 2.08. The number of furan rings is 1. The van der Waals surface area contributed by atoms with Gasteiger partial charge in [-0.1, -0.05) is 12.1 Å². The maximum absolute atomic E-state index is 12.6. The molecule has 0 spiro atoms. The zero-order chi connectivity index (χ0) is 23.4. The van der Waals surface area contributed by atoms with E-state index in [-0.39, 0.29) is 33.8 Å². The van der Waals surface area contributed by atoms with Crippen molar-refractivity contribution in [2.75, 3.05) is 5.32 Å². The molecule has 2 aromatic carbocycles. The smallest absolute Gasteiger partial charge is 0.335 e. The molecule has 0 saturated heterocycles. The number of amides is 1. The molecule has 3 rings (SSSR count). The van der Waals surface area contributed by atoms with E-state index in [1.54, 1.807) is 12.1 Å². The van der Waals surface area contributed by atoms with E-state index in [9.17, 15) is 29.9 Å². The number of rotatable bonds is 6. The fourth-order valence-corrected chi connectivity index (χ4v) is 2.97. The molecule has 1 heterocycles. The van der Waals surface area contributed by atoms with E-state index in [1.807, 2.05) is 26.0 Å². The molecule has 3 N–H and O–H groups in total. The number of hydrogen-bond acceptors (Lipinski definition) is 5. The first-order valence-corrected chi connectivity index (χ1v) is 9.41. The van der Waals surface area contributed by atoms with Crippen molar-refractivity contribution in [1.29, 1.82) is 5.26 Å². The van der Waals surface area contributed by atoms with Crippen LogP contribution >= 0.6 is 0 Å². The highest BCUT2D eigenvalue weighted by atomic mass is 16.4. The van der Waals surface area contributed by atoms with E-state index < -0.39 is 17.8 Å². The van der Waals surface area contributed by atoms with Gasteiger partial charge in [0.25, 0.3) is 5.91 Å². The zero-order valence-electron chi connectivity index (χ0n) is 17.2. The number of hydrogen-bond donors (Lipinski definition) is 3. The summed E-state index contributed by atoms with van der Waals surface area (Å²) < 4.78 is 5.62. The van der Waals surface area contributed by atoms with Crippen LogP contribution in [0.15, 0.2) is 58.5 Å². The van der Waals surface area contributed by atoms with E-state index in [0.29, 0.717) is 5.69 Å². The molecule has 3 aromatic rings. The molecule has 8 heteroatoms. The zero-order valence-corrected chi connectivity index (χ0v) is 17.2. The lowest BCUT2D eigenvalue weighted by molar-refractivity contribution is -0.112. The van der Waals surface area contributed by atoms with Crippen LogP contribution in [0.1, 0.15) is 37.6 Å². The molecule has 0 aliphatic heterocycles. The number of carboxylic acids is 2. The average molecular weight is 430 g/mol. The highest BCUT2D eigenvalue weighted by Gasteiger charge is 2.16. The summed E-state index contributed by atoms with van der Waals surface area (Å²) in [4.78, 5) is 35.2. The first kappa shape index (κ1) is 22.1. The van der Waals surface area contributed by atoms with Crippen LogP contribution in [0.5, 0.6) is 0 Å². The Kier molecular flexibility index (Phi) is 6.21. The molecule has 0 aliphatic carbocycles. The van der Waals surface area contributed by atoms with Crippen molar-refractivity contribution < 1.29 is 29.0 Å². The van der Waals surface area contributed by atoms with Gasteiger partial charge in [-0.15, -0.1) is 0 Å². The second kappa shape index (κ2) is 9.02. The van der Waals surface area contributed by atoms with E-state index in [2.05, 4.69) is 5.32 Å². The van der Waals surface area contributed by atoms with E-state index in [0.717, 1.165) is 17.2 Å². The number of benzene rings is 2. The molecular weight excluding hydrogens is 412 g/mol. The minimum Gasteiger partial charge on any atom is -0.478 e. The Labute approximate surface area is 183 Å². The van der Waals surface area contributed by atoms with Gasteiger partial charge in [-0.3, -0.25) is 4.79 Å². The number of nitrogens with zero attached hydrogens (tertiary/aromatic N) is 1. The predicted octanol–water partition coefficient (Wildman–Crippen LogP) is 4.51. The summed E-state index contributed by atoms with van der Waals surface area (Å²) in [6.07, 6.45) is 1.25. The summed E-state index contributed by atoms with van der Waals surface area (Å²) in [6.45, 7) is 3.77. The topological polar surface area (TPSA) is 141 Å². The largest absolute Gasteiger partial charge is 0.478 e. The van der Waals surface area contributed by atoms with Crippen molar-refractivity contribution in [3.63, 3.8) is 0 Å². The van der Waals surface area contributed by atoms with Gasteiger partial charge in [0.2, 0.25) is 0 Å². The van der Waals surface area contributed by atoms with Crippen molar-refractivity contribution in [2.24, 2.45) is 0 Å². The molecule has 0 atom stereocenters. The van der Waals surface area contributed by atoms with E-state index >= 15 is 0 Å². The monoisotopic (exact) mass is 430 g/mol. The number of nitrogens with one attached hydrogen (secondary N) is 1. The van der Waals surface area contributed by atoms with Crippen LogP contribution in [0, 0.1) is 25.2 Å². The van der Waals surface area contributed by atoms with Crippen molar-refractivity contribution >= 4 is 29.6 Å². The summed E-state index contributed by atoms with van der Waals surface area (Å²) in [7, 11) is 0. The molecule has 1 aromatic heterocycles. The number of nitriles is 1. The lowest BCUT2D eigenvalue weighted by atomic mass is 10.0. The molecule has 0 saturated carbocycles. The standard InChI is InChI=1S/C24H18N2O6/c1-13-4-3-5-20(14(13)2)26-22(27)18(12-25)11-19-6-7-21(32-19)15-8-16(23(28)29)10-17(9-15)24(30)31/h3-11H,1-2H3,(H,26,27)(H,28,29)(H,30,31)/b18-11+. The van der Waals surface area contributed by atoms with Crippen LogP contribution in [0.25, 0.3) is 17.4 Å². The molecule has 160 valence electrons. The van der Waals surface area contributed by atoms with Crippen molar-refractivity contribution in [2.45, 2.75) is 13.8 Å². The van der Waals surface area contributed by atoms with Crippen LogP contribution < -0.4 is 5.32 Å². The number of carbonyl (C=O) groups is 3. The SMILES string of the molecule is Cc1cccc(NC(=O)/C(C#N)=C/c2ccc(-c3cc(C(=O)O)cc(C(=O)O)c3)o2)c1C. The average Bonchev–Trinajstić information content (AvgIpc) is 3.23. The molecule has 0 bridgehead atoms. The van der Waals surface area contributed by atoms with Gasteiger partial charge >= 0.3 is 11.9 Å². The Morgan fingerprint density at radius 1 is 1.00 bits per heavy atom. The Morgan fingerprint density at radius 2 is 1.66 bits per heavy atom. The third-order valence-corrected chi connectivity index (χ3v) is 4.84. The van der Waals surface area contributed by atoms with Crippen LogP contribution in [-0.2, 0) is 4.79 Å². The number of aryl methyl sites for hydroxylation is 1. The maximum atomic E-state index is 12.6. The number of carbonyl (C=O) groups excluding carboxylic acids is 1. The van der Waals surface area contributed by atoms with Gasteiger partial charge in [0.15, 0.2) is 0 Å². The quantitative estimate of drug-likeness (QED) is 0.386. The predicted molar refractivity (Wildman–Crippen MR) is 116 cm³/mol. The van der Waals surface area contributed by atoms with Crippen LogP contribution in [0.2, 0.25) is 0 Å². The Balaban J connectivity index is 1.91. The Bertz CT molecular complexity index is 1280. The molecule has 32 heavy (non-hydrogen) atoms. The molecule has 0 aliphatic rings. The molecule has 0 unspecified atom stereocenters. The highest BCUT2D eigenvalue weighted by molar-refractivity contribution is 6.09. The number of carboxylic acid groups (broad SMARTS) is 2. The molecule has 0 fully saturated rings. The molecule has 0 radical (unpaired) electrons. The van der Waals surface area contributed by atoms with E-state index in [1.165, 1.54) is 30.3 Å². The Hall–Kier alpha value is -4.64. The Morgan fingerprint density at radius 3 is 2.25 bits per heavy atom. The lowest BCUT2D eigenvalue weighted by Crippen LogP contribution is -2.14. The summed E-state index contributed by atoms with van der Waals surface area (Å²) in [5, 5.41) is 30.6.